The molecule has 5 nitrogen and oxygen atoms in total. The van der Waals surface area contributed by atoms with Crippen LogP contribution in [0.3, 0.4) is 0 Å². The molecular formula is C13H18N4O. The number of hydrogen-bond acceptors (Lipinski definition) is 4. The summed E-state index contributed by atoms with van der Waals surface area (Å²) in [6.07, 6.45) is 3.49. The summed E-state index contributed by atoms with van der Waals surface area (Å²) in [5, 5.41) is 0. The van der Waals surface area contributed by atoms with Gasteiger partial charge in [-0.05, 0) is 24.1 Å². The molecule has 0 radical (unpaired) electrons. The fourth-order valence-corrected chi connectivity index (χ4v) is 2.83. The van der Waals surface area contributed by atoms with Crippen LogP contribution in [-0.2, 0) is 11.3 Å². The Kier molecular flexibility index (Phi) is 2.91. The first-order valence-electron chi connectivity index (χ1n) is 6.47. The molecule has 1 unspecified atom stereocenters. The molecule has 3 heterocycles. The number of pyridine rings is 1. The monoisotopic (exact) mass is 246 g/mol. The smallest absolute Gasteiger partial charge is 0.223 e. The maximum Gasteiger partial charge on any atom is 0.223 e. The van der Waals surface area contributed by atoms with Gasteiger partial charge >= 0.3 is 0 Å². The van der Waals surface area contributed by atoms with E-state index >= 15 is 0 Å². The summed E-state index contributed by atoms with van der Waals surface area (Å²) in [5.41, 5.74) is 6.75. The van der Waals surface area contributed by atoms with Crippen LogP contribution in [0, 0.1) is 0 Å². The van der Waals surface area contributed by atoms with Gasteiger partial charge in [-0.2, -0.15) is 0 Å². The molecule has 1 aromatic rings. The molecule has 0 aliphatic carbocycles. The number of nitrogens with two attached hydrogens (primary N) is 1. The summed E-state index contributed by atoms with van der Waals surface area (Å²) >= 11 is 0. The van der Waals surface area contributed by atoms with E-state index in [9.17, 15) is 4.79 Å². The number of fused-ring (bicyclic) bond motifs is 1. The van der Waals surface area contributed by atoms with Crippen molar-refractivity contribution in [3.8, 4) is 0 Å². The average Bonchev–Trinajstić information content (AvgIpc) is 2.80. The van der Waals surface area contributed by atoms with Crippen LogP contribution in [0.4, 0.5) is 5.82 Å². The summed E-state index contributed by atoms with van der Waals surface area (Å²) < 4.78 is 0. The maximum atomic E-state index is 11.6. The molecule has 1 aromatic heterocycles. The van der Waals surface area contributed by atoms with E-state index in [4.69, 9.17) is 5.73 Å². The van der Waals surface area contributed by atoms with E-state index in [-0.39, 0.29) is 0 Å². The first-order chi connectivity index (χ1) is 8.78. The van der Waals surface area contributed by atoms with Crippen LogP contribution in [-0.4, -0.2) is 41.5 Å². The Labute approximate surface area is 107 Å². The van der Waals surface area contributed by atoms with Crippen molar-refractivity contribution >= 4 is 11.7 Å². The predicted octanol–water partition coefficient (Wildman–Crippen LogP) is 0.351. The second kappa shape index (κ2) is 4.57. The molecule has 2 saturated heterocycles. The minimum Gasteiger partial charge on any atom is -0.353 e. The molecule has 2 aliphatic heterocycles. The van der Waals surface area contributed by atoms with Crippen molar-refractivity contribution in [2.45, 2.75) is 25.4 Å². The number of piperazine rings is 1. The van der Waals surface area contributed by atoms with E-state index in [0.29, 0.717) is 24.9 Å². The fourth-order valence-electron chi connectivity index (χ4n) is 2.83. The summed E-state index contributed by atoms with van der Waals surface area (Å²) in [4.78, 5) is 20.3. The molecule has 96 valence electrons. The Balaban J connectivity index is 1.76. The summed E-state index contributed by atoms with van der Waals surface area (Å²) in [6, 6.07) is 4.36. The van der Waals surface area contributed by atoms with Crippen LogP contribution >= 0.6 is 0 Å². The van der Waals surface area contributed by atoms with Crippen LogP contribution in [0.25, 0.3) is 0 Å². The number of amides is 1. The number of anilines is 1. The van der Waals surface area contributed by atoms with Crippen molar-refractivity contribution in [3.05, 3.63) is 23.9 Å². The van der Waals surface area contributed by atoms with Gasteiger partial charge in [0, 0.05) is 44.8 Å². The van der Waals surface area contributed by atoms with Crippen molar-refractivity contribution < 1.29 is 4.79 Å². The Morgan fingerprint density at radius 2 is 2.33 bits per heavy atom. The van der Waals surface area contributed by atoms with Crippen molar-refractivity contribution in [2.24, 2.45) is 5.73 Å². The van der Waals surface area contributed by atoms with Gasteiger partial charge in [0.25, 0.3) is 0 Å². The quantitative estimate of drug-likeness (QED) is 0.818. The van der Waals surface area contributed by atoms with Gasteiger partial charge in [0.1, 0.15) is 5.82 Å². The molecule has 5 heteroatoms. The zero-order valence-corrected chi connectivity index (χ0v) is 10.4. The Hall–Kier alpha value is -1.62. The summed E-state index contributed by atoms with van der Waals surface area (Å²) in [7, 11) is 0. The van der Waals surface area contributed by atoms with Gasteiger partial charge in [0.2, 0.25) is 5.91 Å². The molecule has 2 N–H and O–H groups in total. The summed E-state index contributed by atoms with van der Waals surface area (Å²) in [6.45, 7) is 3.12. The van der Waals surface area contributed by atoms with Crippen molar-refractivity contribution in [2.75, 3.05) is 24.5 Å². The van der Waals surface area contributed by atoms with Crippen LogP contribution in [0.15, 0.2) is 18.3 Å². The third kappa shape index (κ3) is 1.95. The largest absolute Gasteiger partial charge is 0.353 e. The van der Waals surface area contributed by atoms with Gasteiger partial charge < -0.3 is 15.5 Å². The van der Waals surface area contributed by atoms with Crippen LogP contribution in [0.1, 0.15) is 18.4 Å². The Bertz CT molecular complexity index is 462. The van der Waals surface area contributed by atoms with Crippen molar-refractivity contribution in [1.29, 1.82) is 0 Å². The molecule has 2 fully saturated rings. The third-order valence-electron chi connectivity index (χ3n) is 3.86. The summed E-state index contributed by atoms with van der Waals surface area (Å²) in [5.74, 6) is 1.29. The van der Waals surface area contributed by atoms with Crippen molar-refractivity contribution in [1.82, 2.24) is 9.88 Å². The molecule has 1 atom stereocenters. The van der Waals surface area contributed by atoms with Crippen LogP contribution in [0.5, 0.6) is 0 Å². The molecule has 0 aromatic carbocycles. The second-order valence-electron chi connectivity index (χ2n) is 4.95. The predicted molar refractivity (Wildman–Crippen MR) is 69.1 cm³/mol. The fraction of sp³-hybridized carbons (Fsp3) is 0.538. The van der Waals surface area contributed by atoms with Gasteiger partial charge in [-0.1, -0.05) is 0 Å². The van der Waals surface area contributed by atoms with E-state index in [0.717, 1.165) is 37.4 Å². The molecular weight excluding hydrogens is 228 g/mol. The molecule has 0 spiro atoms. The third-order valence-corrected chi connectivity index (χ3v) is 3.86. The lowest BCUT2D eigenvalue weighted by Crippen LogP contribution is -2.51. The Morgan fingerprint density at radius 3 is 3.17 bits per heavy atom. The van der Waals surface area contributed by atoms with Crippen LogP contribution in [0.2, 0.25) is 0 Å². The minimum absolute atomic E-state index is 0.309. The van der Waals surface area contributed by atoms with E-state index in [2.05, 4.69) is 9.88 Å². The number of carbonyl (C=O) groups is 1. The number of rotatable bonds is 2. The van der Waals surface area contributed by atoms with E-state index in [1.807, 2.05) is 23.2 Å². The van der Waals surface area contributed by atoms with E-state index < -0.39 is 0 Å². The minimum atomic E-state index is 0.309. The van der Waals surface area contributed by atoms with Gasteiger partial charge in [0.15, 0.2) is 0 Å². The number of hydrogen-bond donors (Lipinski definition) is 1. The Morgan fingerprint density at radius 1 is 1.44 bits per heavy atom. The van der Waals surface area contributed by atoms with E-state index in [1.54, 1.807) is 0 Å². The van der Waals surface area contributed by atoms with Gasteiger partial charge in [0.05, 0.1) is 0 Å². The normalized spacial score (nSPS) is 23.4. The number of nitrogens with zero attached hydrogens (tertiary/aromatic N) is 3. The number of carbonyl (C=O) groups excluding carboxylic acids is 1. The van der Waals surface area contributed by atoms with Crippen LogP contribution < -0.4 is 10.6 Å². The molecule has 1 amide bonds. The highest BCUT2D eigenvalue weighted by atomic mass is 16.2. The molecule has 2 aliphatic rings. The van der Waals surface area contributed by atoms with Gasteiger partial charge in [-0.15, -0.1) is 0 Å². The standard InChI is InChI=1S/C13H18N4O/c14-8-10-3-4-15-12(7-10)16-5-6-17-11(9-16)1-2-13(17)18/h3-4,7,11H,1-2,5-6,8-9,14H2. The zero-order chi connectivity index (χ0) is 12.5. The van der Waals surface area contributed by atoms with E-state index in [1.165, 1.54) is 0 Å². The maximum absolute atomic E-state index is 11.6. The van der Waals surface area contributed by atoms with Gasteiger partial charge in [-0.25, -0.2) is 4.98 Å². The lowest BCUT2D eigenvalue weighted by atomic mass is 10.1. The highest BCUT2D eigenvalue weighted by molar-refractivity contribution is 5.79. The SMILES string of the molecule is NCc1ccnc(N2CCN3C(=O)CCC3C2)c1. The lowest BCUT2D eigenvalue weighted by Gasteiger charge is -2.38. The highest BCUT2D eigenvalue weighted by Crippen LogP contribution is 2.25. The molecule has 18 heavy (non-hydrogen) atoms. The number of aromatic nitrogens is 1. The molecule has 3 rings (SSSR count). The first kappa shape index (κ1) is 11.5. The lowest BCUT2D eigenvalue weighted by molar-refractivity contribution is -0.129. The topological polar surface area (TPSA) is 62.5 Å². The van der Waals surface area contributed by atoms with Gasteiger partial charge in [-0.3, -0.25) is 4.79 Å². The second-order valence-corrected chi connectivity index (χ2v) is 4.95. The zero-order valence-electron chi connectivity index (χ0n) is 10.4. The highest BCUT2D eigenvalue weighted by Gasteiger charge is 2.35. The average molecular weight is 246 g/mol. The molecule has 0 saturated carbocycles. The first-order valence-corrected chi connectivity index (χ1v) is 6.47. The molecule has 0 bridgehead atoms. The van der Waals surface area contributed by atoms with Crippen molar-refractivity contribution in [3.63, 3.8) is 0 Å².